The van der Waals surface area contributed by atoms with Gasteiger partial charge in [-0.2, -0.15) is 0 Å². The van der Waals surface area contributed by atoms with Crippen molar-refractivity contribution in [2.75, 3.05) is 27.4 Å². The third-order valence-corrected chi connectivity index (χ3v) is 3.80. The quantitative estimate of drug-likeness (QED) is 0.846. The zero-order valence-corrected chi connectivity index (χ0v) is 11.2. The summed E-state index contributed by atoms with van der Waals surface area (Å²) in [5, 5.41) is 0.349. The molecule has 110 valence electrons. The Hall–Kier alpha value is -1.37. The van der Waals surface area contributed by atoms with Gasteiger partial charge in [0.05, 0.1) is 5.75 Å². The van der Waals surface area contributed by atoms with Crippen LogP contribution in [0.2, 0.25) is 0 Å². The van der Waals surface area contributed by atoms with Crippen LogP contribution in [0.4, 0.5) is 0 Å². The number of nitrogens with zero attached hydrogens (tertiary/aromatic N) is 1. The second-order valence-electron chi connectivity index (χ2n) is 4.23. The SMILES string of the molecule is [2H]C([2H])([2H])NS(=O)(=O)Cc1ccc2[nH]cc(CC([2H])([2H])N(C([2H])([2H])[2H])C([2H])([2H])[2H])c2c1. The summed E-state index contributed by atoms with van der Waals surface area (Å²) < 4.78 is 108. The van der Waals surface area contributed by atoms with Crippen LogP contribution < -0.4 is 4.72 Å². The lowest BCUT2D eigenvalue weighted by molar-refractivity contribution is 0.414. The lowest BCUT2D eigenvalue weighted by Gasteiger charge is -2.08. The number of likely N-dealkylation sites (N-methyl/N-ethyl adjacent to an activating group) is 1. The van der Waals surface area contributed by atoms with E-state index in [2.05, 4.69) is 4.98 Å². The monoisotopic (exact) mass is 306 g/mol. The van der Waals surface area contributed by atoms with Crippen molar-refractivity contribution in [3.05, 3.63) is 35.5 Å². The van der Waals surface area contributed by atoms with Gasteiger partial charge in [-0.3, -0.25) is 0 Å². The van der Waals surface area contributed by atoms with Gasteiger partial charge in [-0.15, -0.1) is 0 Å². The van der Waals surface area contributed by atoms with E-state index in [0.717, 1.165) is 0 Å². The van der Waals surface area contributed by atoms with Gasteiger partial charge in [-0.25, -0.2) is 13.1 Å². The van der Waals surface area contributed by atoms with Crippen LogP contribution in [0.1, 0.15) is 26.2 Å². The Morgan fingerprint density at radius 3 is 3.05 bits per heavy atom. The van der Waals surface area contributed by atoms with Gasteiger partial charge in [-0.1, -0.05) is 6.07 Å². The average Bonchev–Trinajstić information content (AvgIpc) is 2.82. The van der Waals surface area contributed by atoms with E-state index in [9.17, 15) is 8.42 Å². The standard InChI is InChI=1S/C14H21N3O2S/c1-15-20(18,19)10-11-4-5-14-13(8-11)12(9-16-14)6-7-17(2)3/h4-5,8-9,15-16H,6-7,10H2,1-3H3/i1D3,2D3,3D3,7D2. The first kappa shape index (κ1) is 6.17. The highest BCUT2D eigenvalue weighted by Crippen LogP contribution is 2.21. The molecule has 2 rings (SSSR count). The van der Waals surface area contributed by atoms with Gasteiger partial charge in [0, 0.05) is 38.7 Å². The van der Waals surface area contributed by atoms with Crippen molar-refractivity contribution in [2.24, 2.45) is 0 Å². The van der Waals surface area contributed by atoms with Crippen molar-refractivity contribution in [1.82, 2.24) is 14.6 Å². The largest absolute Gasteiger partial charge is 0.361 e. The lowest BCUT2D eigenvalue weighted by atomic mass is 10.1. The maximum Gasteiger partial charge on any atom is 0.215 e. The predicted octanol–water partition coefficient (Wildman–Crippen LogP) is 1.32. The Morgan fingerprint density at radius 2 is 2.30 bits per heavy atom. The minimum atomic E-state index is -4.20. The topological polar surface area (TPSA) is 65.2 Å². The fraction of sp³-hybridized carbons (Fsp3) is 0.429. The van der Waals surface area contributed by atoms with Gasteiger partial charge in [0.25, 0.3) is 0 Å². The first-order chi connectivity index (χ1) is 13.7. The number of aromatic nitrogens is 1. The third-order valence-electron chi connectivity index (χ3n) is 2.77. The van der Waals surface area contributed by atoms with E-state index in [1.54, 1.807) is 4.72 Å². The van der Waals surface area contributed by atoms with Crippen LogP contribution in [-0.4, -0.2) is 45.7 Å². The summed E-state index contributed by atoms with van der Waals surface area (Å²) in [6, 6.07) is 4.33. The Morgan fingerprint density at radius 1 is 1.45 bits per heavy atom. The number of nitrogens with one attached hydrogen (secondary N) is 2. The fourth-order valence-corrected chi connectivity index (χ4v) is 2.57. The highest BCUT2D eigenvalue weighted by atomic mass is 32.2. The summed E-state index contributed by atoms with van der Waals surface area (Å²) in [5.41, 5.74) is 0.903. The molecule has 6 heteroatoms. The van der Waals surface area contributed by atoms with Gasteiger partial charge < -0.3 is 9.88 Å². The molecule has 0 unspecified atom stereocenters. The van der Waals surface area contributed by atoms with Crippen molar-refractivity contribution < 1.29 is 23.5 Å². The average molecular weight is 306 g/mol. The second-order valence-corrected chi connectivity index (χ2v) is 5.95. The molecule has 0 spiro atoms. The molecule has 2 N–H and O–H groups in total. The first-order valence-electron chi connectivity index (χ1n) is 11.1. The van der Waals surface area contributed by atoms with Crippen LogP contribution in [0.25, 0.3) is 10.9 Å². The molecule has 0 amide bonds. The number of rotatable bonds is 6. The highest BCUT2D eigenvalue weighted by molar-refractivity contribution is 7.88. The molecule has 0 saturated carbocycles. The molecule has 0 aliphatic heterocycles. The van der Waals surface area contributed by atoms with Gasteiger partial charge in [-0.05, 0) is 50.6 Å². The molecule has 0 saturated heterocycles. The van der Waals surface area contributed by atoms with Crippen molar-refractivity contribution in [3.63, 3.8) is 0 Å². The summed E-state index contributed by atoms with van der Waals surface area (Å²) in [5.74, 6) is -0.657. The molecular formula is C14H21N3O2S. The van der Waals surface area contributed by atoms with E-state index in [4.69, 9.17) is 15.1 Å². The van der Waals surface area contributed by atoms with E-state index in [-0.39, 0.29) is 16.0 Å². The van der Waals surface area contributed by atoms with Crippen molar-refractivity contribution in [1.29, 1.82) is 0 Å². The van der Waals surface area contributed by atoms with Gasteiger partial charge in [0.1, 0.15) is 0 Å². The van der Waals surface area contributed by atoms with Gasteiger partial charge >= 0.3 is 0 Å². The zero-order valence-electron chi connectivity index (χ0n) is 21.4. The molecule has 0 atom stereocenters. The van der Waals surface area contributed by atoms with Gasteiger partial charge in [0.15, 0.2) is 0 Å². The van der Waals surface area contributed by atoms with Crippen LogP contribution in [0.3, 0.4) is 0 Å². The molecule has 0 bridgehead atoms. The Labute approximate surface area is 135 Å². The van der Waals surface area contributed by atoms with E-state index in [0.29, 0.717) is 10.9 Å². The number of fused-ring (bicyclic) bond motifs is 1. The molecule has 20 heavy (non-hydrogen) atoms. The number of sulfonamides is 1. The maximum absolute atomic E-state index is 12.0. The molecule has 1 heterocycles. The lowest BCUT2D eigenvalue weighted by Crippen LogP contribution is -2.20. The summed E-state index contributed by atoms with van der Waals surface area (Å²) in [6.07, 6.45) is 0.756. The minimum Gasteiger partial charge on any atom is -0.361 e. The maximum atomic E-state index is 12.0. The molecule has 0 fully saturated rings. The molecule has 2 aromatic rings. The summed E-state index contributed by atoms with van der Waals surface area (Å²) in [6.45, 7) is -12.2. The van der Waals surface area contributed by atoms with Crippen molar-refractivity contribution in [2.45, 2.75) is 12.2 Å². The number of aryl methyl sites for hydroxylation is 1. The van der Waals surface area contributed by atoms with Crippen molar-refractivity contribution >= 4 is 20.9 Å². The smallest absolute Gasteiger partial charge is 0.215 e. The highest BCUT2D eigenvalue weighted by Gasteiger charge is 2.11. The van der Waals surface area contributed by atoms with Crippen LogP contribution in [0.5, 0.6) is 0 Å². The Balaban J connectivity index is 2.41. The molecule has 0 radical (unpaired) electrons. The van der Waals surface area contributed by atoms with Crippen LogP contribution in [0.15, 0.2) is 24.4 Å². The van der Waals surface area contributed by atoms with Crippen molar-refractivity contribution in [3.8, 4) is 0 Å². The minimum absolute atomic E-state index is 0.152. The molecule has 1 aromatic carbocycles. The molecule has 0 aliphatic carbocycles. The van der Waals surface area contributed by atoms with Gasteiger partial charge in [0.2, 0.25) is 10.0 Å². The fourth-order valence-electron chi connectivity index (χ4n) is 1.88. The predicted molar refractivity (Wildman–Crippen MR) is 82.2 cm³/mol. The number of hydrogen-bond donors (Lipinski definition) is 2. The summed E-state index contributed by atoms with van der Waals surface area (Å²) >= 11 is 0. The van der Waals surface area contributed by atoms with Crippen LogP contribution in [0, 0.1) is 0 Å². The molecular weight excluding hydrogens is 274 g/mol. The van der Waals surface area contributed by atoms with E-state index in [1.165, 1.54) is 24.4 Å². The molecule has 0 aliphatic rings. The van der Waals surface area contributed by atoms with Crippen LogP contribution >= 0.6 is 0 Å². The summed E-state index contributed by atoms with van der Waals surface area (Å²) in [4.78, 5) is 2.68. The number of H-pyrrole nitrogens is 1. The first-order valence-corrected chi connectivity index (χ1v) is 7.28. The summed E-state index contributed by atoms with van der Waals surface area (Å²) in [7, 11) is -4.20. The Kier molecular flexibility index (Phi) is 1.84. The molecule has 5 nitrogen and oxygen atoms in total. The number of benzene rings is 1. The van der Waals surface area contributed by atoms with Crippen LogP contribution in [-0.2, 0) is 22.2 Å². The number of hydrogen-bond acceptors (Lipinski definition) is 3. The molecule has 1 aromatic heterocycles. The van der Waals surface area contributed by atoms with E-state index < -0.39 is 49.6 Å². The number of aromatic amines is 1. The zero-order chi connectivity index (χ0) is 24.0. The van der Waals surface area contributed by atoms with E-state index in [1.807, 2.05) is 0 Å². The second kappa shape index (κ2) is 5.95. The Bertz CT molecular complexity index is 1020. The van der Waals surface area contributed by atoms with E-state index >= 15 is 0 Å². The normalized spacial score (nSPS) is 23.1. The third kappa shape index (κ3) is 3.59.